The molecular formula is C24H20BrN5O. The van der Waals surface area contributed by atoms with Gasteiger partial charge in [0.05, 0.1) is 19.3 Å². The van der Waals surface area contributed by atoms with Crippen molar-refractivity contribution in [2.45, 2.75) is 13.5 Å². The molecule has 1 aliphatic heterocycles. The Hall–Kier alpha value is -3.45. The van der Waals surface area contributed by atoms with Crippen molar-refractivity contribution in [3.05, 3.63) is 99.8 Å². The molecule has 2 heterocycles. The number of fused-ring (bicyclic) bond motifs is 3. The second-order valence-electron chi connectivity index (χ2n) is 7.26. The molecule has 154 valence electrons. The SMILES string of the molecule is COc1ccc(CN2N=C(c3ccc(Br)cc3)c3ccccc3-n3c(C)nnc32)cc1. The van der Waals surface area contributed by atoms with Crippen LogP contribution in [0, 0.1) is 6.92 Å². The molecule has 0 unspecified atom stereocenters. The van der Waals surface area contributed by atoms with Gasteiger partial charge in [0, 0.05) is 15.6 Å². The lowest BCUT2D eigenvalue weighted by Crippen LogP contribution is -2.20. The summed E-state index contributed by atoms with van der Waals surface area (Å²) in [5.74, 6) is 2.33. The molecular weight excluding hydrogens is 454 g/mol. The third-order valence-electron chi connectivity index (χ3n) is 5.27. The molecule has 0 bridgehead atoms. The Morgan fingerprint density at radius 3 is 2.39 bits per heavy atom. The summed E-state index contributed by atoms with van der Waals surface area (Å²) >= 11 is 3.53. The number of anilines is 1. The second kappa shape index (κ2) is 8.00. The Morgan fingerprint density at radius 2 is 1.65 bits per heavy atom. The van der Waals surface area contributed by atoms with Crippen LogP contribution in [-0.4, -0.2) is 27.6 Å². The van der Waals surface area contributed by atoms with Crippen molar-refractivity contribution >= 4 is 27.6 Å². The molecule has 0 fully saturated rings. The molecule has 0 N–H and O–H groups in total. The van der Waals surface area contributed by atoms with Gasteiger partial charge in [-0.2, -0.15) is 5.10 Å². The van der Waals surface area contributed by atoms with Crippen molar-refractivity contribution in [3.8, 4) is 11.4 Å². The quantitative estimate of drug-likeness (QED) is 0.412. The molecule has 0 saturated carbocycles. The van der Waals surface area contributed by atoms with Gasteiger partial charge in [0.15, 0.2) is 0 Å². The van der Waals surface area contributed by atoms with E-state index in [-0.39, 0.29) is 0 Å². The molecule has 3 aromatic carbocycles. The zero-order chi connectivity index (χ0) is 21.4. The van der Waals surface area contributed by atoms with E-state index in [2.05, 4.69) is 55.0 Å². The highest BCUT2D eigenvalue weighted by Gasteiger charge is 2.26. The standard InChI is InChI=1S/C24H20BrN5O/c1-16-26-27-24-29(15-17-7-13-20(31-2)14-8-17)28-23(18-9-11-19(25)12-10-18)21-5-3-4-6-22(21)30(16)24/h3-14H,15H2,1-2H3. The smallest absolute Gasteiger partial charge is 0.252 e. The van der Waals surface area contributed by atoms with Crippen molar-refractivity contribution < 1.29 is 4.74 Å². The Balaban J connectivity index is 1.68. The predicted molar refractivity (Wildman–Crippen MR) is 125 cm³/mol. The van der Waals surface area contributed by atoms with Crippen molar-refractivity contribution in [1.82, 2.24) is 14.8 Å². The van der Waals surface area contributed by atoms with Crippen LogP contribution in [-0.2, 0) is 6.54 Å². The van der Waals surface area contributed by atoms with Crippen LogP contribution < -0.4 is 9.75 Å². The predicted octanol–water partition coefficient (Wildman–Crippen LogP) is 5.12. The van der Waals surface area contributed by atoms with Crippen LogP contribution in [0.15, 0.2) is 82.4 Å². The molecule has 4 aromatic rings. The van der Waals surface area contributed by atoms with Gasteiger partial charge in [-0.3, -0.25) is 4.57 Å². The van der Waals surface area contributed by atoms with Crippen LogP contribution in [0.25, 0.3) is 5.69 Å². The van der Waals surface area contributed by atoms with Gasteiger partial charge < -0.3 is 4.74 Å². The van der Waals surface area contributed by atoms with E-state index in [0.717, 1.165) is 44.1 Å². The van der Waals surface area contributed by atoms with Crippen LogP contribution in [0.3, 0.4) is 0 Å². The average molecular weight is 474 g/mol. The molecule has 0 saturated heterocycles. The lowest BCUT2D eigenvalue weighted by Gasteiger charge is -2.18. The first-order valence-corrected chi connectivity index (χ1v) is 10.7. The maximum Gasteiger partial charge on any atom is 0.252 e. The fraction of sp³-hybridized carbons (Fsp3) is 0.125. The number of ether oxygens (including phenoxy) is 1. The molecule has 0 radical (unpaired) electrons. The fourth-order valence-corrected chi connectivity index (χ4v) is 3.98. The summed E-state index contributed by atoms with van der Waals surface area (Å²) in [7, 11) is 1.67. The van der Waals surface area contributed by atoms with E-state index < -0.39 is 0 Å². The van der Waals surface area contributed by atoms with Crippen LogP contribution in [0.2, 0.25) is 0 Å². The van der Waals surface area contributed by atoms with E-state index in [1.165, 1.54) is 0 Å². The van der Waals surface area contributed by atoms with E-state index in [1.54, 1.807) is 7.11 Å². The summed E-state index contributed by atoms with van der Waals surface area (Å²) in [4.78, 5) is 0. The summed E-state index contributed by atoms with van der Waals surface area (Å²) in [5, 5.41) is 15.8. The maximum atomic E-state index is 5.29. The van der Waals surface area contributed by atoms with E-state index >= 15 is 0 Å². The second-order valence-corrected chi connectivity index (χ2v) is 8.18. The Labute approximate surface area is 188 Å². The number of aromatic nitrogens is 3. The van der Waals surface area contributed by atoms with Crippen LogP contribution in [0.5, 0.6) is 5.75 Å². The van der Waals surface area contributed by atoms with Crippen LogP contribution in [0.4, 0.5) is 5.95 Å². The van der Waals surface area contributed by atoms with Gasteiger partial charge >= 0.3 is 0 Å². The lowest BCUT2D eigenvalue weighted by atomic mass is 10.0. The minimum atomic E-state index is 0.552. The molecule has 7 heteroatoms. The zero-order valence-corrected chi connectivity index (χ0v) is 18.7. The molecule has 6 nitrogen and oxygen atoms in total. The van der Waals surface area contributed by atoms with Crippen molar-refractivity contribution in [3.63, 3.8) is 0 Å². The van der Waals surface area contributed by atoms with E-state index in [1.807, 2.05) is 60.5 Å². The summed E-state index contributed by atoms with van der Waals surface area (Å²) in [5.41, 5.74) is 5.07. The van der Waals surface area contributed by atoms with E-state index in [4.69, 9.17) is 9.84 Å². The molecule has 1 aliphatic rings. The number of methoxy groups -OCH3 is 1. The number of para-hydroxylation sites is 1. The lowest BCUT2D eigenvalue weighted by molar-refractivity contribution is 0.414. The number of halogens is 1. The van der Waals surface area contributed by atoms with Crippen molar-refractivity contribution in [1.29, 1.82) is 0 Å². The summed E-state index contributed by atoms with van der Waals surface area (Å²) in [6.45, 7) is 2.51. The number of aryl methyl sites for hydroxylation is 1. The van der Waals surface area contributed by atoms with Crippen LogP contribution >= 0.6 is 15.9 Å². The molecule has 5 rings (SSSR count). The largest absolute Gasteiger partial charge is 0.497 e. The number of hydrazone groups is 1. The van der Waals surface area contributed by atoms with Gasteiger partial charge in [-0.05, 0) is 42.8 Å². The first-order valence-electron chi connectivity index (χ1n) is 9.91. The van der Waals surface area contributed by atoms with Gasteiger partial charge in [-0.15, -0.1) is 10.2 Å². The highest BCUT2D eigenvalue weighted by atomic mass is 79.9. The summed E-state index contributed by atoms with van der Waals surface area (Å²) < 4.78 is 8.39. The highest BCUT2D eigenvalue weighted by molar-refractivity contribution is 9.10. The normalized spacial score (nSPS) is 12.6. The first kappa shape index (κ1) is 19.5. The summed E-state index contributed by atoms with van der Waals surface area (Å²) in [6, 6.07) is 24.4. The Morgan fingerprint density at radius 1 is 0.903 bits per heavy atom. The fourth-order valence-electron chi connectivity index (χ4n) is 3.72. The first-order chi connectivity index (χ1) is 15.1. The number of nitrogens with zero attached hydrogens (tertiary/aromatic N) is 5. The molecule has 1 aromatic heterocycles. The third-order valence-corrected chi connectivity index (χ3v) is 5.80. The monoisotopic (exact) mass is 473 g/mol. The van der Waals surface area contributed by atoms with Crippen molar-refractivity contribution in [2.24, 2.45) is 5.10 Å². The van der Waals surface area contributed by atoms with Gasteiger partial charge in [0.25, 0.3) is 5.95 Å². The van der Waals surface area contributed by atoms with Gasteiger partial charge in [0.2, 0.25) is 0 Å². The number of benzene rings is 3. The number of hydrogen-bond donors (Lipinski definition) is 0. The van der Waals surface area contributed by atoms with Crippen molar-refractivity contribution in [2.75, 3.05) is 12.1 Å². The minimum Gasteiger partial charge on any atom is -0.497 e. The van der Waals surface area contributed by atoms with Crippen LogP contribution in [0.1, 0.15) is 22.5 Å². The zero-order valence-electron chi connectivity index (χ0n) is 17.2. The van der Waals surface area contributed by atoms with E-state index in [9.17, 15) is 0 Å². The number of rotatable bonds is 4. The van der Waals surface area contributed by atoms with E-state index in [0.29, 0.717) is 12.5 Å². The molecule has 31 heavy (non-hydrogen) atoms. The Bertz CT molecular complexity index is 1260. The molecule has 0 amide bonds. The Kier molecular flexibility index (Phi) is 5.03. The number of hydrogen-bond acceptors (Lipinski definition) is 5. The average Bonchev–Trinajstić information content (AvgIpc) is 3.12. The van der Waals surface area contributed by atoms with Gasteiger partial charge in [0.1, 0.15) is 17.3 Å². The van der Waals surface area contributed by atoms with Gasteiger partial charge in [-0.1, -0.05) is 58.4 Å². The third kappa shape index (κ3) is 3.61. The topological polar surface area (TPSA) is 55.5 Å². The molecule has 0 aliphatic carbocycles. The van der Waals surface area contributed by atoms with Gasteiger partial charge in [-0.25, -0.2) is 5.01 Å². The highest BCUT2D eigenvalue weighted by Crippen LogP contribution is 2.31. The maximum absolute atomic E-state index is 5.29. The molecule has 0 spiro atoms. The molecule has 0 atom stereocenters. The minimum absolute atomic E-state index is 0.552. The summed E-state index contributed by atoms with van der Waals surface area (Å²) in [6.07, 6.45) is 0.